The van der Waals surface area contributed by atoms with Crippen LogP contribution in [0, 0.1) is 12.7 Å². The average molecular weight is 390 g/mol. The number of hydrogen-bond acceptors (Lipinski definition) is 5. The SMILES string of the molecule is Cc1cc(S(=O)(=O)[C@@H]2CS(=O)(=O)C[C@H]2NC2CCCCC2)ccc1F. The fourth-order valence-electron chi connectivity index (χ4n) is 3.82. The van der Waals surface area contributed by atoms with Gasteiger partial charge in [-0.3, -0.25) is 0 Å². The van der Waals surface area contributed by atoms with E-state index in [1.54, 1.807) is 0 Å². The highest BCUT2D eigenvalue weighted by Crippen LogP contribution is 2.28. The molecule has 5 nitrogen and oxygen atoms in total. The molecule has 1 aromatic carbocycles. The van der Waals surface area contributed by atoms with Gasteiger partial charge in [0, 0.05) is 12.1 Å². The van der Waals surface area contributed by atoms with E-state index in [0.717, 1.165) is 38.2 Å². The lowest BCUT2D eigenvalue weighted by molar-refractivity contribution is 0.345. The van der Waals surface area contributed by atoms with Crippen LogP contribution in [-0.2, 0) is 19.7 Å². The van der Waals surface area contributed by atoms with Gasteiger partial charge in [-0.2, -0.15) is 0 Å². The monoisotopic (exact) mass is 389 g/mol. The molecule has 0 amide bonds. The van der Waals surface area contributed by atoms with Crippen molar-refractivity contribution in [2.45, 2.75) is 61.3 Å². The Morgan fingerprint density at radius 3 is 2.44 bits per heavy atom. The first kappa shape index (κ1) is 18.8. The van der Waals surface area contributed by atoms with Crippen molar-refractivity contribution >= 4 is 19.7 Å². The molecule has 1 aromatic rings. The van der Waals surface area contributed by atoms with Crippen LogP contribution in [0.3, 0.4) is 0 Å². The molecule has 1 saturated carbocycles. The molecule has 1 heterocycles. The van der Waals surface area contributed by atoms with Crippen molar-refractivity contribution < 1.29 is 21.2 Å². The summed E-state index contributed by atoms with van der Waals surface area (Å²) in [5, 5.41) is 2.27. The second-order valence-electron chi connectivity index (χ2n) is 7.18. The molecule has 8 heteroatoms. The lowest BCUT2D eigenvalue weighted by Crippen LogP contribution is -2.48. The number of aryl methyl sites for hydroxylation is 1. The summed E-state index contributed by atoms with van der Waals surface area (Å²) in [6.45, 7) is 1.50. The van der Waals surface area contributed by atoms with E-state index in [0.29, 0.717) is 0 Å². The van der Waals surface area contributed by atoms with E-state index in [1.165, 1.54) is 19.1 Å². The Morgan fingerprint density at radius 2 is 1.80 bits per heavy atom. The highest BCUT2D eigenvalue weighted by Gasteiger charge is 2.46. The molecule has 0 aromatic heterocycles. The summed E-state index contributed by atoms with van der Waals surface area (Å²) in [7, 11) is -7.28. The summed E-state index contributed by atoms with van der Waals surface area (Å²) in [4.78, 5) is -0.0102. The van der Waals surface area contributed by atoms with Crippen molar-refractivity contribution in [3.63, 3.8) is 0 Å². The van der Waals surface area contributed by atoms with E-state index in [1.807, 2.05) is 0 Å². The third kappa shape index (κ3) is 4.06. The smallest absolute Gasteiger partial charge is 0.183 e. The Labute approximate surface area is 148 Å². The van der Waals surface area contributed by atoms with Gasteiger partial charge < -0.3 is 5.32 Å². The van der Waals surface area contributed by atoms with Gasteiger partial charge in [0.05, 0.1) is 21.7 Å². The predicted octanol–water partition coefficient (Wildman–Crippen LogP) is 2.00. The first-order valence-corrected chi connectivity index (χ1v) is 12.0. The molecule has 25 heavy (non-hydrogen) atoms. The molecule has 1 aliphatic carbocycles. The number of nitrogens with one attached hydrogen (secondary N) is 1. The van der Waals surface area contributed by atoms with E-state index >= 15 is 0 Å². The fraction of sp³-hybridized carbons (Fsp3) is 0.647. The molecule has 0 spiro atoms. The molecule has 2 fully saturated rings. The highest BCUT2D eigenvalue weighted by molar-refractivity contribution is 7.96. The van der Waals surface area contributed by atoms with Gasteiger partial charge in [-0.05, 0) is 43.5 Å². The summed E-state index contributed by atoms with van der Waals surface area (Å²) < 4.78 is 63.7. The molecule has 140 valence electrons. The minimum absolute atomic E-state index is 0.0102. The molecule has 3 rings (SSSR count). The van der Waals surface area contributed by atoms with Crippen LogP contribution >= 0.6 is 0 Å². The van der Waals surface area contributed by atoms with Gasteiger partial charge in [-0.25, -0.2) is 21.2 Å². The number of hydrogen-bond donors (Lipinski definition) is 1. The van der Waals surface area contributed by atoms with Crippen LogP contribution in [0.15, 0.2) is 23.1 Å². The maximum absolute atomic E-state index is 13.5. The highest BCUT2D eigenvalue weighted by atomic mass is 32.2. The summed E-state index contributed by atoms with van der Waals surface area (Å²) in [6.07, 6.45) is 5.20. The van der Waals surface area contributed by atoms with Crippen molar-refractivity contribution in [2.24, 2.45) is 0 Å². The Bertz CT molecular complexity index is 845. The van der Waals surface area contributed by atoms with Crippen molar-refractivity contribution in [1.29, 1.82) is 0 Å². The van der Waals surface area contributed by atoms with Crippen LogP contribution in [0.1, 0.15) is 37.7 Å². The summed E-state index contributed by atoms with van der Waals surface area (Å²) in [5.41, 5.74) is 0.235. The molecule has 1 saturated heterocycles. The van der Waals surface area contributed by atoms with Crippen molar-refractivity contribution in [3.05, 3.63) is 29.6 Å². The maximum Gasteiger partial charge on any atom is 0.183 e. The van der Waals surface area contributed by atoms with Gasteiger partial charge >= 0.3 is 0 Å². The van der Waals surface area contributed by atoms with Gasteiger partial charge in [-0.1, -0.05) is 19.3 Å². The zero-order valence-electron chi connectivity index (χ0n) is 14.2. The molecule has 1 N–H and O–H groups in total. The Balaban J connectivity index is 1.89. The number of halogens is 1. The van der Waals surface area contributed by atoms with E-state index in [-0.39, 0.29) is 28.0 Å². The quantitative estimate of drug-likeness (QED) is 0.797. The summed E-state index contributed by atoms with van der Waals surface area (Å²) in [5.74, 6) is -1.01. The zero-order chi connectivity index (χ0) is 18.2. The van der Waals surface area contributed by atoms with Gasteiger partial charge in [-0.15, -0.1) is 0 Å². The van der Waals surface area contributed by atoms with Crippen molar-refractivity contribution in [2.75, 3.05) is 11.5 Å². The van der Waals surface area contributed by atoms with Gasteiger partial charge in [0.25, 0.3) is 0 Å². The molecule has 2 aliphatic rings. The third-order valence-corrected chi connectivity index (χ3v) is 9.36. The normalized spacial score (nSPS) is 27.4. The molecule has 0 radical (unpaired) electrons. The Hall–Kier alpha value is -0.990. The lowest BCUT2D eigenvalue weighted by Gasteiger charge is -2.28. The molecule has 2 atom stereocenters. The Kier molecular flexibility index (Phi) is 5.23. The molecule has 0 bridgehead atoms. The first-order valence-electron chi connectivity index (χ1n) is 8.65. The van der Waals surface area contributed by atoms with E-state index in [2.05, 4.69) is 5.32 Å². The largest absolute Gasteiger partial charge is 0.309 e. The van der Waals surface area contributed by atoms with Crippen LogP contribution in [-0.4, -0.2) is 45.7 Å². The van der Waals surface area contributed by atoms with Gasteiger partial charge in [0.15, 0.2) is 19.7 Å². The second-order valence-corrected chi connectivity index (χ2v) is 11.5. The number of rotatable bonds is 4. The summed E-state index contributed by atoms with van der Waals surface area (Å²) in [6, 6.07) is 3.19. The van der Waals surface area contributed by atoms with Crippen LogP contribution in [0.25, 0.3) is 0 Å². The van der Waals surface area contributed by atoms with E-state index in [4.69, 9.17) is 0 Å². The van der Waals surface area contributed by atoms with Crippen LogP contribution in [0.5, 0.6) is 0 Å². The van der Waals surface area contributed by atoms with Gasteiger partial charge in [0.1, 0.15) is 5.82 Å². The summed E-state index contributed by atoms with van der Waals surface area (Å²) >= 11 is 0. The van der Waals surface area contributed by atoms with Crippen LogP contribution in [0.2, 0.25) is 0 Å². The first-order chi connectivity index (χ1) is 11.7. The number of sulfone groups is 2. The molecular weight excluding hydrogens is 365 g/mol. The minimum Gasteiger partial charge on any atom is -0.309 e. The van der Waals surface area contributed by atoms with Crippen molar-refractivity contribution in [3.8, 4) is 0 Å². The predicted molar refractivity (Wildman–Crippen MR) is 94.6 cm³/mol. The standard InChI is InChI=1S/C17H24FNO4S2/c1-12-9-14(7-8-15(12)18)25(22,23)17-11-24(20,21)10-16(17)19-13-5-3-2-4-6-13/h7-9,13,16-17,19H,2-6,10-11H2,1H3/t16-,17-/m1/s1. The van der Waals surface area contributed by atoms with Gasteiger partial charge in [0.2, 0.25) is 0 Å². The molecular formula is C17H24FNO4S2. The minimum atomic E-state index is -3.86. The topological polar surface area (TPSA) is 80.3 Å². The maximum atomic E-state index is 13.5. The zero-order valence-corrected chi connectivity index (χ0v) is 15.9. The number of benzene rings is 1. The van der Waals surface area contributed by atoms with Crippen molar-refractivity contribution in [1.82, 2.24) is 5.32 Å². The molecule has 1 aliphatic heterocycles. The second kappa shape index (κ2) is 6.96. The van der Waals surface area contributed by atoms with Crippen LogP contribution in [0.4, 0.5) is 4.39 Å². The van der Waals surface area contributed by atoms with E-state index in [9.17, 15) is 21.2 Å². The fourth-order valence-corrected chi connectivity index (χ4v) is 8.58. The third-order valence-electron chi connectivity index (χ3n) is 5.21. The average Bonchev–Trinajstić information content (AvgIpc) is 2.86. The Morgan fingerprint density at radius 1 is 1.12 bits per heavy atom. The molecule has 0 unspecified atom stereocenters. The van der Waals surface area contributed by atoms with E-state index < -0.39 is 36.8 Å². The lowest BCUT2D eigenvalue weighted by atomic mass is 9.95. The van der Waals surface area contributed by atoms with Crippen LogP contribution < -0.4 is 5.32 Å².